The Morgan fingerprint density at radius 1 is 1.09 bits per heavy atom. The smallest absolute Gasteiger partial charge is 0.266 e. The van der Waals surface area contributed by atoms with Crippen LogP contribution < -0.4 is 5.56 Å². The monoisotopic (exact) mass is 450 g/mol. The van der Waals surface area contributed by atoms with Crippen molar-refractivity contribution in [3.8, 4) is 5.69 Å². The van der Waals surface area contributed by atoms with Crippen molar-refractivity contribution in [1.82, 2.24) is 19.4 Å². The highest BCUT2D eigenvalue weighted by Crippen LogP contribution is 2.30. The second-order valence-electron chi connectivity index (χ2n) is 9.10. The number of aromatic nitrogens is 2. The number of fused-ring (bicyclic) bond motifs is 1. The molecule has 0 N–H and O–H groups in total. The molecule has 0 radical (unpaired) electrons. The van der Waals surface area contributed by atoms with Gasteiger partial charge in [0.25, 0.3) is 5.56 Å². The van der Waals surface area contributed by atoms with Gasteiger partial charge in [0, 0.05) is 19.0 Å². The van der Waals surface area contributed by atoms with E-state index >= 15 is 0 Å². The van der Waals surface area contributed by atoms with Crippen LogP contribution in [0.4, 0.5) is 4.39 Å². The van der Waals surface area contributed by atoms with Crippen LogP contribution >= 0.6 is 0 Å². The zero-order valence-corrected chi connectivity index (χ0v) is 19.5. The average Bonchev–Trinajstić information content (AvgIpc) is 3.34. The van der Waals surface area contributed by atoms with Crippen molar-refractivity contribution in [3.63, 3.8) is 0 Å². The molecule has 1 fully saturated rings. The number of carbonyl (C=O) groups excluding carboxylic acids is 1. The number of para-hydroxylation sites is 1. The molecule has 0 spiro atoms. The number of amides is 1. The van der Waals surface area contributed by atoms with Gasteiger partial charge >= 0.3 is 0 Å². The molecule has 7 heteroatoms. The summed E-state index contributed by atoms with van der Waals surface area (Å²) in [5, 5.41) is 0.486. The van der Waals surface area contributed by atoms with Crippen LogP contribution in [0.15, 0.2) is 53.3 Å². The molecule has 1 unspecified atom stereocenters. The molecular weight excluding hydrogens is 419 g/mol. The standard InChI is InChI=1S/C26H31FN4O2/c1-18(30(17-16-29(2)3)25(32)19-8-4-5-9-19)24-28-23-11-7-6-10-22(23)26(33)31(24)21-14-12-20(27)13-15-21/h6-7,10-15,18-19H,4-5,8-9,16-17H2,1-3H3. The summed E-state index contributed by atoms with van der Waals surface area (Å²) in [7, 11) is 3.96. The molecular formula is C26H31FN4O2. The molecule has 1 atom stereocenters. The highest BCUT2D eigenvalue weighted by Gasteiger charge is 2.32. The Hall–Kier alpha value is -3.06. The van der Waals surface area contributed by atoms with E-state index in [0.29, 0.717) is 35.5 Å². The fourth-order valence-electron chi connectivity index (χ4n) is 4.62. The molecule has 1 heterocycles. The maximum absolute atomic E-state index is 13.6. The molecule has 4 rings (SSSR count). The number of carbonyl (C=O) groups is 1. The summed E-state index contributed by atoms with van der Waals surface area (Å²) in [6.07, 6.45) is 3.95. The second-order valence-corrected chi connectivity index (χ2v) is 9.10. The van der Waals surface area contributed by atoms with Gasteiger partial charge in [-0.3, -0.25) is 14.2 Å². The van der Waals surface area contributed by atoms with E-state index < -0.39 is 6.04 Å². The van der Waals surface area contributed by atoms with Crippen molar-refractivity contribution in [1.29, 1.82) is 0 Å². The third-order valence-corrected chi connectivity index (χ3v) is 6.50. The van der Waals surface area contributed by atoms with Crippen LogP contribution in [0.25, 0.3) is 16.6 Å². The SMILES string of the molecule is CC(c1nc2ccccc2c(=O)n1-c1ccc(F)cc1)N(CCN(C)C)C(=O)C1CCCC1. The normalized spacial score (nSPS) is 15.3. The zero-order valence-electron chi connectivity index (χ0n) is 19.5. The van der Waals surface area contributed by atoms with Gasteiger partial charge in [0.15, 0.2) is 0 Å². The lowest BCUT2D eigenvalue weighted by molar-refractivity contribution is -0.138. The van der Waals surface area contributed by atoms with E-state index in [9.17, 15) is 14.0 Å². The van der Waals surface area contributed by atoms with Gasteiger partial charge in [-0.2, -0.15) is 0 Å². The molecule has 33 heavy (non-hydrogen) atoms. The lowest BCUT2D eigenvalue weighted by Gasteiger charge is -2.33. The van der Waals surface area contributed by atoms with Gasteiger partial charge < -0.3 is 9.80 Å². The molecule has 1 aromatic heterocycles. The van der Waals surface area contributed by atoms with Crippen LogP contribution in [0.5, 0.6) is 0 Å². The Morgan fingerprint density at radius 3 is 2.42 bits per heavy atom. The topological polar surface area (TPSA) is 58.4 Å². The third kappa shape index (κ3) is 4.83. The fourth-order valence-corrected chi connectivity index (χ4v) is 4.62. The van der Waals surface area contributed by atoms with Crippen molar-refractivity contribution < 1.29 is 9.18 Å². The van der Waals surface area contributed by atoms with Crippen LogP contribution in [0.3, 0.4) is 0 Å². The summed E-state index contributed by atoms with van der Waals surface area (Å²) in [5.41, 5.74) is 0.890. The molecule has 174 valence electrons. The number of rotatable bonds is 7. The van der Waals surface area contributed by atoms with E-state index in [1.165, 1.54) is 16.7 Å². The first-order valence-electron chi connectivity index (χ1n) is 11.6. The molecule has 2 aromatic carbocycles. The predicted molar refractivity (Wildman–Crippen MR) is 128 cm³/mol. The van der Waals surface area contributed by atoms with Gasteiger partial charge in [0.1, 0.15) is 11.6 Å². The molecule has 1 aliphatic rings. The van der Waals surface area contributed by atoms with Crippen molar-refractivity contribution in [2.24, 2.45) is 5.92 Å². The van der Waals surface area contributed by atoms with Crippen molar-refractivity contribution >= 4 is 16.8 Å². The molecule has 6 nitrogen and oxygen atoms in total. The van der Waals surface area contributed by atoms with Gasteiger partial charge in [0.05, 0.1) is 22.6 Å². The van der Waals surface area contributed by atoms with E-state index in [-0.39, 0.29) is 23.2 Å². The molecule has 0 saturated heterocycles. The van der Waals surface area contributed by atoms with Crippen molar-refractivity contribution in [2.45, 2.75) is 38.6 Å². The summed E-state index contributed by atoms with van der Waals surface area (Å²) >= 11 is 0. The number of halogens is 1. The first-order chi connectivity index (χ1) is 15.9. The Balaban J connectivity index is 1.85. The Labute approximate surface area is 193 Å². The van der Waals surface area contributed by atoms with E-state index in [0.717, 1.165) is 25.7 Å². The number of hydrogen-bond donors (Lipinski definition) is 0. The first kappa shape index (κ1) is 23.1. The van der Waals surface area contributed by atoms with E-state index in [4.69, 9.17) is 4.98 Å². The number of benzene rings is 2. The molecule has 3 aromatic rings. The second kappa shape index (κ2) is 9.83. The minimum Gasteiger partial charge on any atom is -0.331 e. The third-order valence-electron chi connectivity index (χ3n) is 6.50. The van der Waals surface area contributed by atoms with Crippen LogP contribution in [0.2, 0.25) is 0 Å². The minimum atomic E-state index is -0.430. The average molecular weight is 451 g/mol. The zero-order chi connectivity index (χ0) is 23.5. The Morgan fingerprint density at radius 2 is 1.76 bits per heavy atom. The molecule has 1 saturated carbocycles. The van der Waals surface area contributed by atoms with Crippen LogP contribution in [0, 0.1) is 11.7 Å². The van der Waals surface area contributed by atoms with Crippen molar-refractivity contribution in [3.05, 3.63) is 70.5 Å². The summed E-state index contributed by atoms with van der Waals surface area (Å²) in [6, 6.07) is 12.6. The number of nitrogens with zero attached hydrogens (tertiary/aromatic N) is 4. The van der Waals surface area contributed by atoms with E-state index in [1.54, 1.807) is 24.3 Å². The van der Waals surface area contributed by atoms with Gasteiger partial charge in [0.2, 0.25) is 5.91 Å². The van der Waals surface area contributed by atoms with Gasteiger partial charge in [-0.05, 0) is 70.3 Å². The number of hydrogen-bond acceptors (Lipinski definition) is 4. The molecule has 0 bridgehead atoms. The van der Waals surface area contributed by atoms with E-state index in [1.807, 2.05) is 43.0 Å². The lowest BCUT2D eigenvalue weighted by atomic mass is 10.0. The van der Waals surface area contributed by atoms with Crippen LogP contribution in [-0.2, 0) is 4.79 Å². The Kier molecular flexibility index (Phi) is 6.88. The lowest BCUT2D eigenvalue weighted by Crippen LogP contribution is -2.43. The van der Waals surface area contributed by atoms with Gasteiger partial charge in [-0.25, -0.2) is 9.37 Å². The summed E-state index contributed by atoms with van der Waals surface area (Å²) < 4.78 is 15.2. The minimum absolute atomic E-state index is 0.0149. The summed E-state index contributed by atoms with van der Waals surface area (Å²) in [5.74, 6) is 0.241. The maximum Gasteiger partial charge on any atom is 0.266 e. The number of likely N-dealkylation sites (N-methyl/N-ethyl adjacent to an activating group) is 1. The van der Waals surface area contributed by atoms with Crippen molar-refractivity contribution in [2.75, 3.05) is 27.2 Å². The largest absolute Gasteiger partial charge is 0.331 e. The fraction of sp³-hybridized carbons (Fsp3) is 0.423. The summed E-state index contributed by atoms with van der Waals surface area (Å²) in [4.78, 5) is 35.9. The highest BCUT2D eigenvalue weighted by atomic mass is 19.1. The highest BCUT2D eigenvalue weighted by molar-refractivity contribution is 5.80. The van der Waals surface area contributed by atoms with Gasteiger partial charge in [-0.1, -0.05) is 25.0 Å². The summed E-state index contributed by atoms with van der Waals surface area (Å²) in [6.45, 7) is 3.17. The van der Waals surface area contributed by atoms with E-state index in [2.05, 4.69) is 0 Å². The molecule has 1 aliphatic carbocycles. The maximum atomic E-state index is 13.6. The van der Waals surface area contributed by atoms with Gasteiger partial charge in [-0.15, -0.1) is 0 Å². The van der Waals surface area contributed by atoms with Crippen LogP contribution in [-0.4, -0.2) is 52.4 Å². The van der Waals surface area contributed by atoms with Crippen LogP contribution in [0.1, 0.15) is 44.5 Å². The predicted octanol–water partition coefficient (Wildman–Crippen LogP) is 4.17. The first-order valence-corrected chi connectivity index (χ1v) is 11.6. The molecule has 0 aliphatic heterocycles. The quantitative estimate of drug-likeness (QED) is 0.542. The molecule has 1 amide bonds. The Bertz CT molecular complexity index is 1180.